The fourth-order valence-corrected chi connectivity index (χ4v) is 4.40. The molecule has 0 bridgehead atoms. The highest BCUT2D eigenvalue weighted by atomic mass is 16.6. The third-order valence-corrected chi connectivity index (χ3v) is 6.25. The van der Waals surface area contributed by atoms with Crippen molar-refractivity contribution in [1.29, 1.82) is 0 Å². The number of carboxylic acids is 1. The van der Waals surface area contributed by atoms with E-state index in [1.807, 2.05) is 56.4 Å². The van der Waals surface area contributed by atoms with Crippen LogP contribution in [0.3, 0.4) is 0 Å². The average Bonchev–Trinajstić information content (AvgIpc) is 3.30. The first-order valence-corrected chi connectivity index (χ1v) is 13.1. The summed E-state index contributed by atoms with van der Waals surface area (Å²) in [5, 5.41) is 15.9. The number of hydrogen-bond acceptors (Lipinski definition) is 5. The molecule has 0 atom stereocenters. The van der Waals surface area contributed by atoms with Crippen molar-refractivity contribution in [3.05, 3.63) is 72.1 Å². The summed E-state index contributed by atoms with van der Waals surface area (Å²) in [5.74, 6) is -1.12. The van der Waals surface area contributed by atoms with Crippen LogP contribution in [0.5, 0.6) is 0 Å². The second kappa shape index (κ2) is 11.6. The van der Waals surface area contributed by atoms with E-state index in [0.717, 1.165) is 33.2 Å². The maximum absolute atomic E-state index is 12.5. The number of aromatic nitrogens is 2. The Morgan fingerprint density at radius 3 is 2.50 bits per heavy atom. The average molecular weight is 543 g/mol. The predicted molar refractivity (Wildman–Crippen MR) is 155 cm³/mol. The van der Waals surface area contributed by atoms with Gasteiger partial charge in [0.2, 0.25) is 5.91 Å². The zero-order chi connectivity index (χ0) is 29.0. The third-order valence-electron chi connectivity index (χ3n) is 6.25. The highest BCUT2D eigenvalue weighted by Gasteiger charge is 2.17. The lowest BCUT2D eigenvalue weighted by Crippen LogP contribution is -2.34. The maximum Gasteiger partial charge on any atom is 0.407 e. The van der Waals surface area contributed by atoms with Crippen LogP contribution in [0, 0.1) is 0 Å². The first kappa shape index (κ1) is 28.4. The smallest absolute Gasteiger partial charge is 0.407 e. The number of hydrogen-bond donors (Lipinski definition) is 4. The van der Waals surface area contributed by atoms with Gasteiger partial charge in [0, 0.05) is 47.6 Å². The minimum Gasteiger partial charge on any atom is -0.478 e. The summed E-state index contributed by atoms with van der Waals surface area (Å²) < 4.78 is 5.18. The van der Waals surface area contributed by atoms with E-state index in [9.17, 15) is 19.5 Å². The van der Waals surface area contributed by atoms with Crippen molar-refractivity contribution >= 4 is 34.7 Å². The Balaban J connectivity index is 1.52. The molecular formula is C31H34N4O5. The summed E-state index contributed by atoms with van der Waals surface area (Å²) in [6, 6.07) is 14.9. The number of benzene rings is 2. The van der Waals surface area contributed by atoms with E-state index in [4.69, 9.17) is 4.74 Å². The third kappa shape index (κ3) is 6.85. The first-order valence-electron chi connectivity index (χ1n) is 13.1. The fourth-order valence-electron chi connectivity index (χ4n) is 4.40. The van der Waals surface area contributed by atoms with Gasteiger partial charge in [0.05, 0.1) is 5.56 Å². The van der Waals surface area contributed by atoms with Crippen LogP contribution in [0.1, 0.15) is 62.9 Å². The van der Waals surface area contributed by atoms with Crippen molar-refractivity contribution < 1.29 is 24.2 Å². The second-order valence-electron chi connectivity index (χ2n) is 10.9. The number of nitrogens with one attached hydrogen (secondary N) is 3. The number of fused-ring (bicyclic) bond motifs is 1. The SMILES string of the molecule is CC(C)c1cc(-c2c[nH]c3ncc(-c4cccc(NC(=O)CCNC(=O)OC(C)(C)C)c4)cc23)ccc1C(=O)O. The Morgan fingerprint density at radius 2 is 1.80 bits per heavy atom. The summed E-state index contributed by atoms with van der Waals surface area (Å²) in [6.45, 7) is 9.43. The van der Waals surface area contributed by atoms with Crippen LogP contribution in [0.2, 0.25) is 0 Å². The predicted octanol–water partition coefficient (Wildman–Crippen LogP) is 6.57. The number of aromatic amines is 1. The fraction of sp³-hybridized carbons (Fsp3) is 0.290. The molecule has 9 nitrogen and oxygen atoms in total. The molecule has 0 saturated carbocycles. The first-order chi connectivity index (χ1) is 18.9. The van der Waals surface area contributed by atoms with Crippen LogP contribution in [0.4, 0.5) is 10.5 Å². The molecule has 2 heterocycles. The van der Waals surface area contributed by atoms with Crippen molar-refractivity contribution in [2.24, 2.45) is 0 Å². The normalized spacial score (nSPS) is 11.4. The molecule has 0 aliphatic heterocycles. The molecule has 0 radical (unpaired) electrons. The molecule has 4 aromatic rings. The minimum absolute atomic E-state index is 0.0518. The molecular weight excluding hydrogens is 508 g/mol. The molecule has 0 aliphatic carbocycles. The van der Waals surface area contributed by atoms with Gasteiger partial charge < -0.3 is 25.5 Å². The molecule has 40 heavy (non-hydrogen) atoms. The van der Waals surface area contributed by atoms with Crippen molar-refractivity contribution in [2.45, 2.75) is 52.6 Å². The second-order valence-corrected chi connectivity index (χ2v) is 10.9. The molecule has 9 heteroatoms. The van der Waals surface area contributed by atoms with Crippen molar-refractivity contribution in [3.8, 4) is 22.3 Å². The van der Waals surface area contributed by atoms with Gasteiger partial charge in [-0.3, -0.25) is 4.79 Å². The van der Waals surface area contributed by atoms with Gasteiger partial charge in [0.1, 0.15) is 11.2 Å². The van der Waals surface area contributed by atoms with E-state index < -0.39 is 17.7 Å². The Bertz CT molecular complexity index is 1570. The molecule has 4 N–H and O–H groups in total. The zero-order valence-corrected chi connectivity index (χ0v) is 23.3. The molecule has 0 aliphatic rings. The van der Waals surface area contributed by atoms with E-state index in [-0.39, 0.29) is 24.8 Å². The van der Waals surface area contributed by atoms with Gasteiger partial charge in [-0.15, -0.1) is 0 Å². The quantitative estimate of drug-likeness (QED) is 0.199. The van der Waals surface area contributed by atoms with Crippen LogP contribution < -0.4 is 10.6 Å². The molecule has 208 valence electrons. The van der Waals surface area contributed by atoms with Crippen LogP contribution in [0.15, 0.2) is 60.9 Å². The van der Waals surface area contributed by atoms with Gasteiger partial charge in [-0.2, -0.15) is 0 Å². The summed E-state index contributed by atoms with van der Waals surface area (Å²) in [5.41, 5.74) is 5.37. The van der Waals surface area contributed by atoms with Crippen molar-refractivity contribution in [2.75, 3.05) is 11.9 Å². The number of anilines is 1. The molecule has 2 amide bonds. The van der Waals surface area contributed by atoms with Gasteiger partial charge in [0.15, 0.2) is 0 Å². The van der Waals surface area contributed by atoms with Crippen molar-refractivity contribution in [3.63, 3.8) is 0 Å². The number of ether oxygens (including phenoxy) is 1. The molecule has 2 aromatic carbocycles. The monoisotopic (exact) mass is 542 g/mol. The van der Waals surface area contributed by atoms with E-state index in [0.29, 0.717) is 16.9 Å². The number of H-pyrrole nitrogens is 1. The van der Waals surface area contributed by atoms with Crippen LogP contribution in [-0.4, -0.2) is 45.2 Å². The van der Waals surface area contributed by atoms with E-state index in [1.54, 1.807) is 39.1 Å². The van der Waals surface area contributed by atoms with Gasteiger partial charge in [-0.1, -0.05) is 32.0 Å². The lowest BCUT2D eigenvalue weighted by Gasteiger charge is -2.19. The highest BCUT2D eigenvalue weighted by Crippen LogP contribution is 2.34. The van der Waals surface area contributed by atoms with E-state index in [2.05, 4.69) is 20.6 Å². The number of carboxylic acid groups (broad SMARTS) is 1. The van der Waals surface area contributed by atoms with Gasteiger partial charge in [-0.25, -0.2) is 14.6 Å². The van der Waals surface area contributed by atoms with Gasteiger partial charge in [0.25, 0.3) is 0 Å². The largest absolute Gasteiger partial charge is 0.478 e. The highest BCUT2D eigenvalue weighted by molar-refractivity contribution is 5.98. The van der Waals surface area contributed by atoms with Crippen LogP contribution >= 0.6 is 0 Å². The number of amides is 2. The summed E-state index contributed by atoms with van der Waals surface area (Å²) in [6.07, 6.45) is 3.18. The standard InChI is InChI=1S/C31H34N4O5/c1-18(2)24-14-20(9-10-23(24)29(37)38)26-17-34-28-25(26)15-21(16-33-28)19-7-6-8-22(13-19)35-27(36)11-12-32-30(39)40-31(3,4)5/h6-10,13-18H,11-12H2,1-5H3,(H,32,39)(H,33,34)(H,35,36)(H,37,38). The number of aromatic carboxylic acids is 1. The number of carbonyl (C=O) groups is 3. The molecule has 2 aromatic heterocycles. The topological polar surface area (TPSA) is 133 Å². The summed E-state index contributed by atoms with van der Waals surface area (Å²) >= 11 is 0. The Morgan fingerprint density at radius 1 is 1.02 bits per heavy atom. The Kier molecular flexibility index (Phi) is 8.23. The van der Waals surface area contributed by atoms with E-state index in [1.165, 1.54) is 0 Å². The van der Waals surface area contributed by atoms with Gasteiger partial charge >= 0.3 is 12.1 Å². The summed E-state index contributed by atoms with van der Waals surface area (Å²) in [4.78, 5) is 43.7. The number of pyridine rings is 1. The number of rotatable bonds is 8. The number of nitrogens with zero attached hydrogens (tertiary/aromatic N) is 1. The lowest BCUT2D eigenvalue weighted by molar-refractivity contribution is -0.116. The molecule has 0 unspecified atom stereocenters. The van der Waals surface area contributed by atoms with Crippen LogP contribution in [-0.2, 0) is 9.53 Å². The summed E-state index contributed by atoms with van der Waals surface area (Å²) in [7, 11) is 0. The number of carbonyl (C=O) groups excluding carboxylic acids is 2. The van der Waals surface area contributed by atoms with Crippen LogP contribution in [0.25, 0.3) is 33.3 Å². The van der Waals surface area contributed by atoms with E-state index >= 15 is 0 Å². The zero-order valence-electron chi connectivity index (χ0n) is 23.3. The lowest BCUT2D eigenvalue weighted by atomic mass is 9.92. The molecule has 4 rings (SSSR count). The minimum atomic E-state index is -0.940. The Hall–Kier alpha value is -4.66. The van der Waals surface area contributed by atoms with Crippen molar-refractivity contribution in [1.82, 2.24) is 15.3 Å². The molecule has 0 saturated heterocycles. The maximum atomic E-state index is 12.5. The molecule has 0 spiro atoms. The number of alkyl carbamates (subject to hydrolysis) is 1. The van der Waals surface area contributed by atoms with Gasteiger partial charge in [-0.05, 0) is 73.7 Å². The Labute approximate surface area is 233 Å². The molecule has 0 fully saturated rings.